The predicted molar refractivity (Wildman–Crippen MR) is 53.7 cm³/mol. The average molecular weight is 236 g/mol. The van der Waals surface area contributed by atoms with Crippen molar-refractivity contribution in [1.82, 2.24) is 4.90 Å². The molecule has 0 amide bonds. The van der Waals surface area contributed by atoms with E-state index in [1.165, 1.54) is 31.4 Å². The van der Waals surface area contributed by atoms with Crippen LogP contribution in [0.15, 0.2) is 23.0 Å². The van der Waals surface area contributed by atoms with Crippen LogP contribution in [0.1, 0.15) is 12.5 Å². The van der Waals surface area contributed by atoms with Gasteiger partial charge in [0.05, 0.1) is 12.5 Å². The lowest BCUT2D eigenvalue weighted by molar-refractivity contribution is -0.186. The summed E-state index contributed by atoms with van der Waals surface area (Å²) in [6.07, 6.45) is -1.48. The van der Waals surface area contributed by atoms with Gasteiger partial charge >= 0.3 is 6.18 Å². The molecule has 3 nitrogen and oxygen atoms in total. The second-order valence-electron chi connectivity index (χ2n) is 3.89. The molecule has 0 aromatic carbocycles. The highest BCUT2D eigenvalue weighted by Crippen LogP contribution is 2.26. The fraction of sp³-hybridized carbons (Fsp3) is 0.600. The smallest absolute Gasteiger partial charge is 0.405 e. The van der Waals surface area contributed by atoms with Crippen LogP contribution in [-0.2, 0) is 6.54 Å². The molecule has 1 aromatic heterocycles. The van der Waals surface area contributed by atoms with Crippen molar-refractivity contribution in [2.75, 3.05) is 7.05 Å². The van der Waals surface area contributed by atoms with Crippen LogP contribution in [0, 0.1) is 0 Å². The number of likely N-dealkylation sites (N-methyl/N-ethyl adjacent to an activating group) is 1. The van der Waals surface area contributed by atoms with Crippen molar-refractivity contribution in [2.45, 2.75) is 31.7 Å². The summed E-state index contributed by atoms with van der Waals surface area (Å²) >= 11 is 0. The Morgan fingerprint density at radius 1 is 1.50 bits per heavy atom. The minimum atomic E-state index is -4.33. The molecule has 1 rings (SSSR count). The van der Waals surface area contributed by atoms with E-state index >= 15 is 0 Å². The SMILES string of the molecule is CC(N)C(N(C)Cc1ccoc1)C(F)(F)F. The van der Waals surface area contributed by atoms with Crippen molar-refractivity contribution in [3.63, 3.8) is 0 Å². The van der Waals surface area contributed by atoms with Crippen molar-refractivity contribution in [1.29, 1.82) is 0 Å². The maximum Gasteiger partial charge on any atom is 0.405 e. The molecule has 1 aromatic rings. The molecule has 92 valence electrons. The number of alkyl halides is 3. The van der Waals surface area contributed by atoms with Gasteiger partial charge in [-0.05, 0) is 20.0 Å². The van der Waals surface area contributed by atoms with Crippen LogP contribution in [0.3, 0.4) is 0 Å². The standard InChI is InChI=1S/C10H15F3N2O/c1-7(14)9(10(11,12)13)15(2)5-8-3-4-16-6-8/h3-4,6-7,9H,5,14H2,1-2H3. The molecule has 0 aliphatic heterocycles. The lowest BCUT2D eigenvalue weighted by Crippen LogP contribution is -2.53. The molecule has 0 saturated carbocycles. The highest BCUT2D eigenvalue weighted by atomic mass is 19.4. The first-order chi connectivity index (χ1) is 7.32. The van der Waals surface area contributed by atoms with Crippen molar-refractivity contribution < 1.29 is 17.6 Å². The molecular formula is C10H15F3N2O. The van der Waals surface area contributed by atoms with Crippen LogP contribution in [0.25, 0.3) is 0 Å². The number of halogens is 3. The molecule has 0 aliphatic rings. The zero-order chi connectivity index (χ0) is 12.3. The zero-order valence-corrected chi connectivity index (χ0v) is 9.16. The van der Waals surface area contributed by atoms with Crippen LogP contribution < -0.4 is 5.73 Å². The lowest BCUT2D eigenvalue weighted by atomic mass is 10.1. The Bertz CT molecular complexity index is 308. The minimum Gasteiger partial charge on any atom is -0.472 e. The maximum absolute atomic E-state index is 12.7. The summed E-state index contributed by atoms with van der Waals surface area (Å²) in [6.45, 7) is 1.51. The average Bonchev–Trinajstić information content (AvgIpc) is 2.52. The van der Waals surface area contributed by atoms with Crippen molar-refractivity contribution in [3.8, 4) is 0 Å². The minimum absolute atomic E-state index is 0.155. The van der Waals surface area contributed by atoms with Gasteiger partial charge in [-0.3, -0.25) is 4.90 Å². The van der Waals surface area contributed by atoms with Gasteiger partial charge in [-0.2, -0.15) is 13.2 Å². The molecule has 0 spiro atoms. The summed E-state index contributed by atoms with van der Waals surface area (Å²) in [4.78, 5) is 1.18. The van der Waals surface area contributed by atoms with Crippen molar-refractivity contribution in [3.05, 3.63) is 24.2 Å². The zero-order valence-electron chi connectivity index (χ0n) is 9.16. The topological polar surface area (TPSA) is 42.4 Å². The Labute approximate surface area is 92.0 Å². The quantitative estimate of drug-likeness (QED) is 0.869. The fourth-order valence-electron chi connectivity index (χ4n) is 1.72. The van der Waals surface area contributed by atoms with E-state index in [9.17, 15) is 13.2 Å². The number of rotatable bonds is 4. The van der Waals surface area contributed by atoms with Crippen molar-refractivity contribution >= 4 is 0 Å². The molecule has 6 heteroatoms. The number of hydrogen-bond donors (Lipinski definition) is 1. The summed E-state index contributed by atoms with van der Waals surface area (Å²) in [7, 11) is 1.40. The molecule has 2 unspecified atom stereocenters. The van der Waals surface area contributed by atoms with E-state index in [0.717, 1.165) is 0 Å². The normalized spacial score (nSPS) is 16.4. The van der Waals surface area contributed by atoms with E-state index in [2.05, 4.69) is 0 Å². The van der Waals surface area contributed by atoms with E-state index in [1.807, 2.05) is 0 Å². The molecule has 0 fully saturated rings. The summed E-state index contributed by atoms with van der Waals surface area (Å²) in [6, 6.07) is -0.996. The third-order valence-electron chi connectivity index (χ3n) is 2.32. The largest absolute Gasteiger partial charge is 0.472 e. The van der Waals surface area contributed by atoms with Gasteiger partial charge in [-0.1, -0.05) is 0 Å². The van der Waals surface area contributed by atoms with Crippen LogP contribution >= 0.6 is 0 Å². The van der Waals surface area contributed by atoms with E-state index < -0.39 is 18.3 Å². The maximum atomic E-state index is 12.7. The third-order valence-corrected chi connectivity index (χ3v) is 2.32. The number of nitrogens with two attached hydrogens (primary N) is 1. The summed E-state index contributed by atoms with van der Waals surface area (Å²) < 4.78 is 42.9. The van der Waals surface area contributed by atoms with E-state index in [1.54, 1.807) is 6.07 Å². The predicted octanol–water partition coefficient (Wildman–Crippen LogP) is 1.99. The molecule has 0 saturated heterocycles. The first-order valence-corrected chi connectivity index (χ1v) is 4.86. The molecule has 0 aliphatic carbocycles. The summed E-state index contributed by atoms with van der Waals surface area (Å²) in [5.41, 5.74) is 6.06. The molecule has 0 radical (unpaired) electrons. The van der Waals surface area contributed by atoms with Gasteiger partial charge in [0, 0.05) is 18.2 Å². The molecule has 16 heavy (non-hydrogen) atoms. The van der Waals surface area contributed by atoms with Crippen molar-refractivity contribution in [2.24, 2.45) is 5.73 Å². The van der Waals surface area contributed by atoms with Gasteiger partial charge in [0.1, 0.15) is 6.04 Å². The van der Waals surface area contributed by atoms with Crippen LogP contribution in [0.4, 0.5) is 13.2 Å². The third kappa shape index (κ3) is 3.24. The van der Waals surface area contributed by atoms with Gasteiger partial charge < -0.3 is 10.2 Å². The second kappa shape index (κ2) is 4.88. The lowest BCUT2D eigenvalue weighted by Gasteiger charge is -2.32. The van der Waals surface area contributed by atoms with E-state index in [0.29, 0.717) is 5.56 Å². The first kappa shape index (κ1) is 13.1. The van der Waals surface area contributed by atoms with Crippen LogP contribution in [-0.4, -0.2) is 30.2 Å². The Hall–Kier alpha value is -1.01. The van der Waals surface area contributed by atoms with E-state index in [4.69, 9.17) is 10.2 Å². The van der Waals surface area contributed by atoms with Gasteiger partial charge in [-0.25, -0.2) is 0 Å². The first-order valence-electron chi connectivity index (χ1n) is 4.86. The summed E-state index contributed by atoms with van der Waals surface area (Å²) in [5.74, 6) is 0. The molecule has 2 atom stereocenters. The molecule has 2 N–H and O–H groups in total. The van der Waals surface area contributed by atoms with Gasteiger partial charge in [0.25, 0.3) is 0 Å². The van der Waals surface area contributed by atoms with Crippen LogP contribution in [0.5, 0.6) is 0 Å². The Balaban J connectivity index is 2.72. The Kier molecular flexibility index (Phi) is 3.98. The van der Waals surface area contributed by atoms with E-state index in [-0.39, 0.29) is 6.54 Å². The van der Waals surface area contributed by atoms with Gasteiger partial charge in [0.2, 0.25) is 0 Å². The molecule has 0 bridgehead atoms. The monoisotopic (exact) mass is 236 g/mol. The second-order valence-corrected chi connectivity index (χ2v) is 3.89. The number of hydrogen-bond acceptors (Lipinski definition) is 3. The highest BCUT2D eigenvalue weighted by molar-refractivity contribution is 5.05. The van der Waals surface area contributed by atoms with Gasteiger partial charge in [0.15, 0.2) is 0 Å². The number of nitrogens with zero attached hydrogens (tertiary/aromatic N) is 1. The summed E-state index contributed by atoms with van der Waals surface area (Å²) in [5, 5.41) is 0. The highest BCUT2D eigenvalue weighted by Gasteiger charge is 2.44. The number of furan rings is 1. The van der Waals surface area contributed by atoms with Crippen LogP contribution in [0.2, 0.25) is 0 Å². The fourth-order valence-corrected chi connectivity index (χ4v) is 1.72. The molecular weight excluding hydrogens is 221 g/mol. The molecule has 1 heterocycles. The Morgan fingerprint density at radius 2 is 2.12 bits per heavy atom. The van der Waals surface area contributed by atoms with Gasteiger partial charge in [-0.15, -0.1) is 0 Å². The Morgan fingerprint density at radius 3 is 2.50 bits per heavy atom.